The predicted octanol–water partition coefficient (Wildman–Crippen LogP) is 2.53. The first-order chi connectivity index (χ1) is 9.75. The van der Waals surface area contributed by atoms with E-state index in [0.29, 0.717) is 5.56 Å². The maximum absolute atomic E-state index is 12.7. The maximum atomic E-state index is 12.7. The van der Waals surface area contributed by atoms with Crippen LogP contribution in [-0.4, -0.2) is 44.1 Å². The van der Waals surface area contributed by atoms with E-state index >= 15 is 0 Å². The van der Waals surface area contributed by atoms with E-state index in [1.54, 1.807) is 13.8 Å². The van der Waals surface area contributed by atoms with Crippen LogP contribution in [-0.2, 0) is 21.4 Å². The molecule has 21 heavy (non-hydrogen) atoms. The van der Waals surface area contributed by atoms with Gasteiger partial charge in [-0.05, 0) is 31.5 Å². The summed E-state index contributed by atoms with van der Waals surface area (Å²) in [5, 5.41) is 9.49. The highest BCUT2D eigenvalue weighted by molar-refractivity contribution is 7.89. The van der Waals surface area contributed by atoms with Gasteiger partial charge in [0, 0.05) is 24.7 Å². The quantitative estimate of drug-likeness (QED) is 0.815. The molecule has 0 bridgehead atoms. The molecule has 5 nitrogen and oxygen atoms in total. The highest BCUT2D eigenvalue weighted by Crippen LogP contribution is 2.31. The number of hydrogen-bond donors (Lipinski definition) is 1. The van der Waals surface area contributed by atoms with Gasteiger partial charge in [-0.2, -0.15) is 4.31 Å². The minimum absolute atomic E-state index is 0.0280. The van der Waals surface area contributed by atoms with Crippen LogP contribution in [0.3, 0.4) is 0 Å². The Bertz CT molecular complexity index is 590. The zero-order valence-electron chi connectivity index (χ0n) is 12.1. The van der Waals surface area contributed by atoms with Crippen LogP contribution in [0.25, 0.3) is 0 Å². The van der Waals surface area contributed by atoms with Crippen LogP contribution in [0.4, 0.5) is 0 Å². The van der Waals surface area contributed by atoms with Crippen LogP contribution >= 0.6 is 23.2 Å². The number of benzene rings is 1. The second-order valence-corrected chi connectivity index (χ2v) is 7.41. The fourth-order valence-electron chi connectivity index (χ4n) is 1.85. The average molecular weight is 356 g/mol. The molecule has 0 spiro atoms. The van der Waals surface area contributed by atoms with Gasteiger partial charge in [-0.15, -0.1) is 0 Å². The minimum Gasteiger partial charge on any atom is -0.392 e. The number of methoxy groups -OCH3 is 1. The van der Waals surface area contributed by atoms with Crippen LogP contribution < -0.4 is 0 Å². The van der Waals surface area contributed by atoms with Crippen LogP contribution in [0, 0.1) is 0 Å². The lowest BCUT2D eigenvalue weighted by Gasteiger charge is -2.26. The summed E-state index contributed by atoms with van der Waals surface area (Å²) in [7, 11) is -2.30. The van der Waals surface area contributed by atoms with Crippen molar-refractivity contribution < 1.29 is 18.3 Å². The summed E-state index contributed by atoms with van der Waals surface area (Å²) in [4.78, 5) is -0.0672. The first-order valence-electron chi connectivity index (χ1n) is 6.35. The summed E-state index contributed by atoms with van der Waals surface area (Å²) < 4.78 is 31.7. The molecule has 0 fully saturated rings. The van der Waals surface area contributed by atoms with Gasteiger partial charge in [-0.3, -0.25) is 0 Å². The van der Waals surface area contributed by atoms with E-state index in [0.717, 1.165) is 0 Å². The Morgan fingerprint density at radius 3 is 2.38 bits per heavy atom. The zero-order valence-corrected chi connectivity index (χ0v) is 14.5. The normalized spacial score (nSPS) is 12.4. The van der Waals surface area contributed by atoms with Crippen LogP contribution in [0.5, 0.6) is 0 Å². The summed E-state index contributed by atoms with van der Waals surface area (Å²) in [6, 6.07) is 2.38. The number of aliphatic hydroxyl groups is 1. The van der Waals surface area contributed by atoms with E-state index in [1.807, 2.05) is 0 Å². The smallest absolute Gasteiger partial charge is 0.244 e. The molecule has 0 saturated heterocycles. The van der Waals surface area contributed by atoms with Crippen molar-refractivity contribution in [2.45, 2.75) is 31.4 Å². The van der Waals surface area contributed by atoms with E-state index in [9.17, 15) is 13.5 Å². The molecule has 0 aliphatic rings. The molecule has 0 unspecified atom stereocenters. The van der Waals surface area contributed by atoms with E-state index in [4.69, 9.17) is 27.9 Å². The second kappa shape index (κ2) is 7.76. The SMILES string of the molecule is COCCN(C(C)C)S(=O)(=O)c1cc(CO)c(Cl)cc1Cl. The number of nitrogens with zero attached hydrogens (tertiary/aromatic N) is 1. The monoisotopic (exact) mass is 355 g/mol. The molecule has 0 amide bonds. The Kier molecular flexibility index (Phi) is 6.90. The number of hydrogen-bond acceptors (Lipinski definition) is 4. The van der Waals surface area contributed by atoms with Crippen molar-refractivity contribution in [3.8, 4) is 0 Å². The Labute approximate surface area is 135 Å². The van der Waals surface area contributed by atoms with E-state index in [1.165, 1.54) is 23.5 Å². The third-order valence-electron chi connectivity index (χ3n) is 2.95. The third-order valence-corrected chi connectivity index (χ3v) is 5.84. The lowest BCUT2D eigenvalue weighted by molar-refractivity contribution is 0.171. The zero-order chi connectivity index (χ0) is 16.2. The van der Waals surface area contributed by atoms with Gasteiger partial charge in [0.25, 0.3) is 0 Å². The van der Waals surface area contributed by atoms with Gasteiger partial charge in [-0.25, -0.2) is 8.42 Å². The molecule has 1 rings (SSSR count). The Hall–Kier alpha value is -0.370. The Morgan fingerprint density at radius 1 is 1.29 bits per heavy atom. The van der Waals surface area contributed by atoms with Gasteiger partial charge in [0.2, 0.25) is 10.0 Å². The lowest BCUT2D eigenvalue weighted by atomic mass is 10.2. The van der Waals surface area contributed by atoms with Gasteiger partial charge >= 0.3 is 0 Å². The van der Waals surface area contributed by atoms with Gasteiger partial charge in [0.05, 0.1) is 18.2 Å². The second-order valence-electron chi connectivity index (χ2n) is 4.73. The molecule has 0 radical (unpaired) electrons. The molecule has 120 valence electrons. The highest BCUT2D eigenvalue weighted by Gasteiger charge is 2.29. The van der Waals surface area contributed by atoms with Crippen molar-refractivity contribution in [3.05, 3.63) is 27.7 Å². The molecule has 0 saturated carbocycles. The van der Waals surface area contributed by atoms with Gasteiger partial charge in [-0.1, -0.05) is 23.2 Å². The van der Waals surface area contributed by atoms with Crippen LogP contribution in [0.15, 0.2) is 17.0 Å². The predicted molar refractivity (Wildman–Crippen MR) is 83.3 cm³/mol. The van der Waals surface area contributed by atoms with Gasteiger partial charge in [0.15, 0.2) is 0 Å². The summed E-state index contributed by atoms with van der Waals surface area (Å²) in [5.74, 6) is 0. The molecule has 1 aromatic carbocycles. The Balaban J connectivity index is 3.34. The minimum atomic E-state index is -3.80. The number of rotatable bonds is 7. The highest BCUT2D eigenvalue weighted by atomic mass is 35.5. The summed E-state index contributed by atoms with van der Waals surface area (Å²) in [6.45, 7) is 3.66. The van der Waals surface area contributed by atoms with Crippen molar-refractivity contribution >= 4 is 33.2 Å². The third kappa shape index (κ3) is 4.31. The lowest BCUT2D eigenvalue weighted by Crippen LogP contribution is -2.39. The van der Waals surface area contributed by atoms with Crippen LogP contribution in [0.1, 0.15) is 19.4 Å². The molecular weight excluding hydrogens is 337 g/mol. The average Bonchev–Trinajstić information content (AvgIpc) is 2.38. The number of halogens is 2. The standard InChI is InChI=1S/C13H19Cl2NO4S/c1-9(2)16(4-5-20-3)21(18,19)13-6-10(8-17)11(14)7-12(13)15/h6-7,9,17H,4-5,8H2,1-3H3. The largest absolute Gasteiger partial charge is 0.392 e. The molecule has 0 aromatic heterocycles. The van der Waals surface area contributed by atoms with Crippen molar-refractivity contribution in [1.82, 2.24) is 4.31 Å². The van der Waals surface area contributed by atoms with Crippen molar-refractivity contribution in [2.24, 2.45) is 0 Å². The topological polar surface area (TPSA) is 66.8 Å². The van der Waals surface area contributed by atoms with Gasteiger partial charge in [0.1, 0.15) is 4.90 Å². The number of sulfonamides is 1. The van der Waals surface area contributed by atoms with E-state index in [-0.39, 0.29) is 40.7 Å². The molecule has 0 aliphatic heterocycles. The first kappa shape index (κ1) is 18.7. The molecule has 0 heterocycles. The molecule has 1 N–H and O–H groups in total. The van der Waals surface area contributed by atoms with Crippen molar-refractivity contribution in [2.75, 3.05) is 20.3 Å². The molecular formula is C13H19Cl2NO4S. The van der Waals surface area contributed by atoms with E-state index in [2.05, 4.69) is 0 Å². The summed E-state index contributed by atoms with van der Waals surface area (Å²) >= 11 is 11.9. The van der Waals surface area contributed by atoms with E-state index < -0.39 is 10.0 Å². The summed E-state index contributed by atoms with van der Waals surface area (Å²) in [6.07, 6.45) is 0. The van der Waals surface area contributed by atoms with Crippen LogP contribution in [0.2, 0.25) is 10.0 Å². The molecule has 0 atom stereocenters. The number of ether oxygens (including phenoxy) is 1. The molecule has 1 aromatic rings. The van der Waals surface area contributed by atoms with Crippen molar-refractivity contribution in [3.63, 3.8) is 0 Å². The molecule has 8 heteroatoms. The number of aliphatic hydroxyl groups excluding tert-OH is 1. The Morgan fingerprint density at radius 2 is 1.90 bits per heavy atom. The van der Waals surface area contributed by atoms with Gasteiger partial charge < -0.3 is 9.84 Å². The maximum Gasteiger partial charge on any atom is 0.244 e. The first-order valence-corrected chi connectivity index (χ1v) is 8.54. The fourth-order valence-corrected chi connectivity index (χ4v) is 4.31. The summed E-state index contributed by atoms with van der Waals surface area (Å²) in [5.41, 5.74) is 0.315. The van der Waals surface area contributed by atoms with Crippen molar-refractivity contribution in [1.29, 1.82) is 0 Å². The molecule has 0 aliphatic carbocycles. The fraction of sp³-hybridized carbons (Fsp3) is 0.538.